The first kappa shape index (κ1) is 33.1. The van der Waals surface area contributed by atoms with Gasteiger partial charge in [-0.1, -0.05) is 96.5 Å². The molecule has 48 heavy (non-hydrogen) atoms. The van der Waals surface area contributed by atoms with E-state index in [1.54, 1.807) is 24.5 Å². The highest BCUT2D eigenvalue weighted by Crippen LogP contribution is 2.37. The van der Waals surface area contributed by atoms with Crippen LogP contribution in [0.2, 0.25) is 5.02 Å². The van der Waals surface area contributed by atoms with Crippen LogP contribution in [0.3, 0.4) is 0 Å². The van der Waals surface area contributed by atoms with Gasteiger partial charge in [0.15, 0.2) is 0 Å². The Morgan fingerprint density at radius 2 is 1.56 bits per heavy atom. The lowest BCUT2D eigenvalue weighted by atomic mass is 9.90. The molecule has 0 saturated carbocycles. The number of nitrogens with zero attached hydrogens (tertiary/aromatic N) is 1. The quantitative estimate of drug-likeness (QED) is 0.133. The van der Waals surface area contributed by atoms with Gasteiger partial charge in [0.25, 0.3) is 0 Å². The zero-order chi connectivity index (χ0) is 33.5. The summed E-state index contributed by atoms with van der Waals surface area (Å²) in [5.41, 5.74) is 3.26. The standard InChI is InChI=1S/C39H34ClF3N2O3/c40-38-31(13-7-15-35(38)39(41,42)43)25-45(26-34(28-9-3-1-4-10-28)29-11-5-2-6-12-29)19-18-32-23-30-17-16-27(21-36(30)48-32)22-37(46)44-24-33-14-8-20-47-33/h1-17,20-21,23,34H,18-19,22,24-26H2,(H,44,46). The van der Waals surface area contributed by atoms with Crippen LogP contribution >= 0.6 is 11.6 Å². The smallest absolute Gasteiger partial charge is 0.417 e. The van der Waals surface area contributed by atoms with Crippen molar-refractivity contribution in [2.75, 3.05) is 13.1 Å². The number of carbonyl (C=O) groups is 1. The summed E-state index contributed by atoms with van der Waals surface area (Å²) in [6.07, 6.45) is -2.28. The molecule has 0 aliphatic carbocycles. The fraction of sp³-hybridized carbons (Fsp3) is 0.205. The molecule has 0 aliphatic rings. The zero-order valence-corrected chi connectivity index (χ0v) is 26.8. The molecule has 1 amide bonds. The molecule has 2 heterocycles. The Labute approximate surface area is 281 Å². The molecule has 0 aliphatic heterocycles. The van der Waals surface area contributed by atoms with Crippen LogP contribution in [0.5, 0.6) is 0 Å². The summed E-state index contributed by atoms with van der Waals surface area (Å²) in [5.74, 6) is 1.25. The molecule has 6 rings (SSSR count). The number of amides is 1. The first-order valence-corrected chi connectivity index (χ1v) is 16.1. The van der Waals surface area contributed by atoms with Crippen LogP contribution < -0.4 is 5.32 Å². The third kappa shape index (κ3) is 8.37. The lowest BCUT2D eigenvalue weighted by molar-refractivity contribution is -0.137. The van der Waals surface area contributed by atoms with Crippen LogP contribution in [-0.2, 0) is 36.9 Å². The van der Waals surface area contributed by atoms with Crippen molar-refractivity contribution in [2.24, 2.45) is 0 Å². The van der Waals surface area contributed by atoms with Gasteiger partial charge in [0.1, 0.15) is 17.1 Å². The third-order valence-corrected chi connectivity index (χ3v) is 8.78. The zero-order valence-electron chi connectivity index (χ0n) is 26.1. The molecule has 6 aromatic rings. The maximum Gasteiger partial charge on any atom is 0.417 e. The SMILES string of the molecule is O=C(Cc1ccc2cc(CCN(Cc3cccc(C(F)(F)F)c3Cl)CC(c3ccccc3)c3ccccc3)oc2c1)NCc1ccco1. The first-order chi connectivity index (χ1) is 23.2. The van der Waals surface area contributed by atoms with E-state index in [1.165, 1.54) is 6.07 Å². The van der Waals surface area contributed by atoms with E-state index in [1.807, 2.05) is 60.7 Å². The van der Waals surface area contributed by atoms with Crippen molar-refractivity contribution in [1.82, 2.24) is 10.2 Å². The monoisotopic (exact) mass is 670 g/mol. The number of halogens is 4. The van der Waals surface area contributed by atoms with E-state index in [0.717, 1.165) is 33.9 Å². The molecule has 4 aromatic carbocycles. The fourth-order valence-electron chi connectivity index (χ4n) is 5.91. The second-order valence-electron chi connectivity index (χ2n) is 11.8. The van der Waals surface area contributed by atoms with E-state index in [9.17, 15) is 18.0 Å². The summed E-state index contributed by atoms with van der Waals surface area (Å²) in [7, 11) is 0. The summed E-state index contributed by atoms with van der Waals surface area (Å²) in [4.78, 5) is 14.6. The number of benzene rings is 4. The first-order valence-electron chi connectivity index (χ1n) is 15.7. The van der Waals surface area contributed by atoms with Crippen LogP contribution in [0.1, 0.15) is 45.3 Å². The normalized spacial score (nSPS) is 11.9. The van der Waals surface area contributed by atoms with E-state index in [0.29, 0.717) is 43.0 Å². The minimum atomic E-state index is -4.55. The minimum absolute atomic E-state index is 0.0332. The topological polar surface area (TPSA) is 58.6 Å². The largest absolute Gasteiger partial charge is 0.467 e. The summed E-state index contributed by atoms with van der Waals surface area (Å²) < 4.78 is 52.7. The average molecular weight is 671 g/mol. The number of furan rings is 2. The minimum Gasteiger partial charge on any atom is -0.467 e. The van der Waals surface area contributed by atoms with Crippen molar-refractivity contribution in [1.29, 1.82) is 0 Å². The molecule has 0 unspecified atom stereocenters. The van der Waals surface area contributed by atoms with Gasteiger partial charge in [-0.25, -0.2) is 0 Å². The Hall–Kier alpha value is -4.79. The Kier molecular flexibility index (Phi) is 10.3. The van der Waals surface area contributed by atoms with Gasteiger partial charge >= 0.3 is 6.18 Å². The molecule has 1 N–H and O–H groups in total. The highest BCUT2D eigenvalue weighted by molar-refractivity contribution is 6.32. The lowest BCUT2D eigenvalue weighted by Gasteiger charge is -2.29. The number of fused-ring (bicyclic) bond motifs is 1. The summed E-state index contributed by atoms with van der Waals surface area (Å²) in [6.45, 7) is 1.58. The number of carbonyl (C=O) groups excluding carboxylic acids is 1. The Balaban J connectivity index is 1.22. The van der Waals surface area contributed by atoms with Crippen LogP contribution in [0.4, 0.5) is 13.2 Å². The highest BCUT2D eigenvalue weighted by atomic mass is 35.5. The number of nitrogens with one attached hydrogen (secondary N) is 1. The van der Waals surface area contributed by atoms with Crippen LogP contribution in [0.25, 0.3) is 11.0 Å². The maximum absolute atomic E-state index is 13.7. The van der Waals surface area contributed by atoms with Gasteiger partial charge in [-0.2, -0.15) is 13.2 Å². The molecule has 0 fully saturated rings. The third-order valence-electron chi connectivity index (χ3n) is 8.34. The van der Waals surface area contributed by atoms with Gasteiger partial charge in [-0.15, -0.1) is 0 Å². The van der Waals surface area contributed by atoms with Crippen molar-refractivity contribution in [3.8, 4) is 0 Å². The second kappa shape index (κ2) is 15.0. The molecule has 246 valence electrons. The average Bonchev–Trinajstić information content (AvgIpc) is 3.76. The van der Waals surface area contributed by atoms with Crippen LogP contribution in [-0.4, -0.2) is 23.9 Å². The molecule has 0 saturated heterocycles. The Bertz CT molecular complexity index is 1900. The van der Waals surface area contributed by atoms with Gasteiger partial charge in [-0.3, -0.25) is 9.69 Å². The lowest BCUT2D eigenvalue weighted by Crippen LogP contribution is -2.31. The number of alkyl halides is 3. The van der Waals surface area contributed by atoms with E-state index >= 15 is 0 Å². The fourth-order valence-corrected chi connectivity index (χ4v) is 6.20. The molecule has 2 aromatic heterocycles. The van der Waals surface area contributed by atoms with Crippen molar-refractivity contribution in [3.05, 3.63) is 166 Å². The van der Waals surface area contributed by atoms with Gasteiger partial charge in [0.2, 0.25) is 5.91 Å². The van der Waals surface area contributed by atoms with Gasteiger partial charge in [0, 0.05) is 37.4 Å². The molecule has 0 radical (unpaired) electrons. The van der Waals surface area contributed by atoms with E-state index in [2.05, 4.69) is 34.5 Å². The van der Waals surface area contributed by atoms with E-state index < -0.39 is 11.7 Å². The molecule has 5 nitrogen and oxygen atoms in total. The van der Waals surface area contributed by atoms with Crippen molar-refractivity contribution >= 4 is 28.5 Å². The van der Waals surface area contributed by atoms with Crippen molar-refractivity contribution in [2.45, 2.75) is 38.0 Å². The van der Waals surface area contributed by atoms with Crippen LogP contribution in [0.15, 0.2) is 130 Å². The van der Waals surface area contributed by atoms with Gasteiger partial charge in [-0.05, 0) is 52.6 Å². The molecule has 9 heteroatoms. The predicted molar refractivity (Wildman–Crippen MR) is 181 cm³/mol. The number of hydrogen-bond donors (Lipinski definition) is 1. The van der Waals surface area contributed by atoms with E-state index in [-0.39, 0.29) is 29.8 Å². The molecular weight excluding hydrogens is 637 g/mol. The Morgan fingerprint density at radius 1 is 0.833 bits per heavy atom. The van der Waals surface area contributed by atoms with Crippen molar-refractivity contribution in [3.63, 3.8) is 0 Å². The van der Waals surface area contributed by atoms with Gasteiger partial charge < -0.3 is 14.2 Å². The summed E-state index contributed by atoms with van der Waals surface area (Å²) >= 11 is 6.38. The van der Waals surface area contributed by atoms with Crippen LogP contribution in [0, 0.1) is 0 Å². The summed E-state index contributed by atoms with van der Waals surface area (Å²) in [6, 6.07) is 35.5. The molecule has 0 bridgehead atoms. The molecule has 0 atom stereocenters. The predicted octanol–water partition coefficient (Wildman–Crippen LogP) is 9.43. The second-order valence-corrected chi connectivity index (χ2v) is 12.1. The maximum atomic E-state index is 13.7. The molecule has 0 spiro atoms. The molecular formula is C39H34ClF3N2O3. The van der Waals surface area contributed by atoms with Gasteiger partial charge in [0.05, 0.1) is 29.8 Å². The number of hydrogen-bond acceptors (Lipinski definition) is 4. The van der Waals surface area contributed by atoms with E-state index in [4.69, 9.17) is 20.4 Å². The van der Waals surface area contributed by atoms with Crippen molar-refractivity contribution < 1.29 is 26.8 Å². The Morgan fingerprint density at radius 3 is 2.23 bits per heavy atom. The highest BCUT2D eigenvalue weighted by Gasteiger charge is 2.34. The number of rotatable bonds is 13. The summed E-state index contributed by atoms with van der Waals surface area (Å²) in [5, 5.41) is 3.48.